The molecule has 0 aromatic rings. The number of hydrogen-bond acceptors (Lipinski definition) is 4. The molecule has 2 aliphatic heterocycles. The summed E-state index contributed by atoms with van der Waals surface area (Å²) in [4.78, 5) is 0. The van der Waals surface area contributed by atoms with Crippen LogP contribution in [0.4, 0.5) is 0 Å². The number of rotatable bonds is 1. The third-order valence-electron chi connectivity index (χ3n) is 2.86. The monoisotopic (exact) mass is 186 g/mol. The second kappa shape index (κ2) is 2.92. The molecule has 0 radical (unpaired) electrons. The minimum Gasteiger partial charge on any atom is -0.343 e. The van der Waals surface area contributed by atoms with E-state index in [2.05, 4.69) is 5.32 Å². The van der Waals surface area contributed by atoms with E-state index >= 15 is 0 Å². The molecule has 3 N–H and O–H groups in total. The van der Waals surface area contributed by atoms with Crippen molar-refractivity contribution in [2.45, 2.75) is 37.8 Å². The molecule has 2 heterocycles. The molecule has 0 aromatic carbocycles. The normalized spacial score (nSPS) is 43.2. The van der Waals surface area contributed by atoms with Gasteiger partial charge in [-0.25, -0.2) is 0 Å². The second-order valence-corrected chi connectivity index (χ2v) is 4.33. The van der Waals surface area contributed by atoms with Crippen LogP contribution in [0.15, 0.2) is 0 Å². The Labute approximate surface area is 78.8 Å². The Bertz CT molecular complexity index is 208. The van der Waals surface area contributed by atoms with E-state index in [9.17, 15) is 0 Å². The van der Waals surface area contributed by atoms with Crippen molar-refractivity contribution in [2.75, 3.05) is 19.6 Å². The van der Waals surface area contributed by atoms with Gasteiger partial charge in [0.2, 0.25) is 0 Å². The number of nitrogens with one attached hydrogen (secondary N) is 1. The molecule has 13 heavy (non-hydrogen) atoms. The van der Waals surface area contributed by atoms with Crippen molar-refractivity contribution in [1.29, 1.82) is 0 Å². The van der Waals surface area contributed by atoms with Crippen LogP contribution in [0.1, 0.15) is 20.3 Å². The first-order chi connectivity index (χ1) is 6.08. The van der Waals surface area contributed by atoms with Crippen LogP contribution < -0.4 is 11.1 Å². The summed E-state index contributed by atoms with van der Waals surface area (Å²) in [6.45, 7) is 6.25. The Balaban J connectivity index is 2.19. The number of hydrogen-bond donors (Lipinski definition) is 2. The maximum absolute atomic E-state index is 5.90. The quantitative estimate of drug-likeness (QED) is 0.597. The summed E-state index contributed by atoms with van der Waals surface area (Å²) >= 11 is 0. The molecule has 2 saturated heterocycles. The third-order valence-corrected chi connectivity index (χ3v) is 2.86. The summed E-state index contributed by atoms with van der Waals surface area (Å²) < 4.78 is 11.7. The van der Waals surface area contributed by atoms with Gasteiger partial charge in [0.15, 0.2) is 5.79 Å². The molecule has 0 unspecified atom stereocenters. The van der Waals surface area contributed by atoms with Gasteiger partial charge in [-0.2, -0.15) is 0 Å². The molecule has 0 saturated carbocycles. The zero-order chi connectivity index (χ0) is 9.53. The molecule has 0 bridgehead atoms. The van der Waals surface area contributed by atoms with Crippen molar-refractivity contribution in [3.05, 3.63) is 0 Å². The fraction of sp³-hybridized carbons (Fsp3) is 1.00. The highest BCUT2D eigenvalue weighted by Gasteiger charge is 2.53. The summed E-state index contributed by atoms with van der Waals surface area (Å²) in [5.41, 5.74) is 5.53. The molecule has 2 atom stereocenters. The first-order valence-corrected chi connectivity index (χ1v) is 4.87. The molecule has 0 aromatic heterocycles. The number of piperidine rings is 1. The minimum absolute atomic E-state index is 0.112. The van der Waals surface area contributed by atoms with Gasteiger partial charge in [-0.05, 0) is 26.8 Å². The number of ether oxygens (including phenoxy) is 2. The van der Waals surface area contributed by atoms with Crippen molar-refractivity contribution < 1.29 is 9.47 Å². The van der Waals surface area contributed by atoms with Crippen molar-refractivity contribution in [3.63, 3.8) is 0 Å². The lowest BCUT2D eigenvalue weighted by Crippen LogP contribution is -2.56. The molecule has 76 valence electrons. The van der Waals surface area contributed by atoms with Crippen LogP contribution in [-0.2, 0) is 9.47 Å². The number of nitrogens with two attached hydrogens (primary N) is 1. The Kier molecular flexibility index (Phi) is 2.11. The topological polar surface area (TPSA) is 56.5 Å². The highest BCUT2D eigenvalue weighted by Crippen LogP contribution is 2.39. The van der Waals surface area contributed by atoms with Crippen molar-refractivity contribution >= 4 is 0 Å². The Morgan fingerprint density at radius 2 is 2.31 bits per heavy atom. The van der Waals surface area contributed by atoms with Crippen LogP contribution in [0.5, 0.6) is 0 Å². The second-order valence-electron chi connectivity index (χ2n) is 4.33. The van der Waals surface area contributed by atoms with Gasteiger partial charge in [-0.3, -0.25) is 0 Å². The molecule has 2 rings (SSSR count). The van der Waals surface area contributed by atoms with Crippen LogP contribution in [-0.4, -0.2) is 37.1 Å². The van der Waals surface area contributed by atoms with Crippen LogP contribution in [0, 0.1) is 0 Å². The third kappa shape index (κ3) is 1.48. The first kappa shape index (κ1) is 9.40. The molecule has 0 amide bonds. The van der Waals surface area contributed by atoms with Gasteiger partial charge in [0.25, 0.3) is 0 Å². The van der Waals surface area contributed by atoms with E-state index in [4.69, 9.17) is 15.2 Å². The highest BCUT2D eigenvalue weighted by molar-refractivity contribution is 5.01. The Hall–Kier alpha value is -0.160. The van der Waals surface area contributed by atoms with Crippen LogP contribution in [0.3, 0.4) is 0 Å². The molecule has 4 nitrogen and oxygen atoms in total. The molecule has 0 spiro atoms. The van der Waals surface area contributed by atoms with E-state index in [-0.39, 0.29) is 11.7 Å². The van der Waals surface area contributed by atoms with Gasteiger partial charge in [-0.1, -0.05) is 0 Å². The zero-order valence-corrected chi connectivity index (χ0v) is 8.30. The predicted molar refractivity (Wildman–Crippen MR) is 49.3 cm³/mol. The summed E-state index contributed by atoms with van der Waals surface area (Å²) in [6, 6.07) is 0. The fourth-order valence-electron chi connectivity index (χ4n) is 2.28. The fourth-order valence-corrected chi connectivity index (χ4v) is 2.28. The predicted octanol–water partition coefficient (Wildman–Crippen LogP) is -0.171. The first-order valence-electron chi connectivity index (χ1n) is 4.87. The molecule has 2 fully saturated rings. The standard InChI is InChI=1S/C9H18N2O2/c1-8(2)12-7-5-11-4-3-9(7,6-10)13-8/h7,11H,3-6,10H2,1-2H3/t7-,9-/m1/s1. The van der Waals surface area contributed by atoms with E-state index in [1.54, 1.807) is 0 Å². The Morgan fingerprint density at radius 1 is 1.54 bits per heavy atom. The van der Waals surface area contributed by atoms with E-state index < -0.39 is 5.79 Å². The lowest BCUT2D eigenvalue weighted by Gasteiger charge is -2.35. The van der Waals surface area contributed by atoms with Crippen molar-refractivity contribution in [3.8, 4) is 0 Å². The number of fused-ring (bicyclic) bond motifs is 1. The van der Waals surface area contributed by atoms with Gasteiger partial charge < -0.3 is 20.5 Å². The summed E-state index contributed by atoms with van der Waals surface area (Å²) in [5, 5.41) is 3.29. The molecular formula is C9H18N2O2. The largest absolute Gasteiger partial charge is 0.343 e. The van der Waals surface area contributed by atoms with Crippen LogP contribution >= 0.6 is 0 Å². The summed E-state index contributed by atoms with van der Waals surface area (Å²) in [5.74, 6) is -0.476. The average molecular weight is 186 g/mol. The van der Waals surface area contributed by atoms with Gasteiger partial charge >= 0.3 is 0 Å². The molecule has 0 aliphatic carbocycles. The van der Waals surface area contributed by atoms with Crippen molar-refractivity contribution in [1.82, 2.24) is 5.32 Å². The smallest absolute Gasteiger partial charge is 0.164 e. The maximum Gasteiger partial charge on any atom is 0.164 e. The van der Waals surface area contributed by atoms with Crippen molar-refractivity contribution in [2.24, 2.45) is 5.73 Å². The molecular weight excluding hydrogens is 168 g/mol. The van der Waals surface area contributed by atoms with Crippen LogP contribution in [0.2, 0.25) is 0 Å². The van der Waals surface area contributed by atoms with Crippen LogP contribution in [0.25, 0.3) is 0 Å². The zero-order valence-electron chi connectivity index (χ0n) is 8.30. The lowest BCUT2D eigenvalue weighted by atomic mass is 9.90. The van der Waals surface area contributed by atoms with Gasteiger partial charge in [0.1, 0.15) is 11.7 Å². The summed E-state index contributed by atoms with van der Waals surface area (Å²) in [6.07, 6.45) is 1.05. The van der Waals surface area contributed by atoms with E-state index in [0.29, 0.717) is 6.54 Å². The van der Waals surface area contributed by atoms with Gasteiger partial charge in [-0.15, -0.1) is 0 Å². The average Bonchev–Trinajstić information content (AvgIpc) is 2.35. The van der Waals surface area contributed by atoms with Gasteiger partial charge in [0.05, 0.1) is 0 Å². The van der Waals surface area contributed by atoms with E-state index in [1.807, 2.05) is 13.8 Å². The van der Waals surface area contributed by atoms with Gasteiger partial charge in [0, 0.05) is 13.1 Å². The SMILES string of the molecule is CC1(C)O[C@@H]2CNCC[C@]2(CN)O1. The van der Waals surface area contributed by atoms with E-state index in [1.165, 1.54) is 0 Å². The Morgan fingerprint density at radius 3 is 2.92 bits per heavy atom. The lowest BCUT2D eigenvalue weighted by molar-refractivity contribution is -0.161. The van der Waals surface area contributed by atoms with E-state index in [0.717, 1.165) is 19.5 Å². The molecule has 4 heteroatoms. The molecule has 2 aliphatic rings. The minimum atomic E-state index is -0.476. The highest BCUT2D eigenvalue weighted by atomic mass is 16.8. The maximum atomic E-state index is 5.90. The summed E-state index contributed by atoms with van der Waals surface area (Å²) in [7, 11) is 0.